The standard InChI is InChI=1S/C13H13FIN3S/c1-8-12(15)13(16-2)18-11(17-8)7-19-10-6-4-3-5-9(10)14/h3-6H,7H2,1-2H3,(H,16,17,18). The second kappa shape index (κ2) is 6.51. The maximum absolute atomic E-state index is 13.5. The summed E-state index contributed by atoms with van der Waals surface area (Å²) in [6.07, 6.45) is 0. The zero-order valence-corrected chi connectivity index (χ0v) is 13.5. The van der Waals surface area contributed by atoms with Crippen LogP contribution in [0.2, 0.25) is 0 Å². The molecule has 0 saturated heterocycles. The summed E-state index contributed by atoms with van der Waals surface area (Å²) in [4.78, 5) is 9.47. The summed E-state index contributed by atoms with van der Waals surface area (Å²) in [6.45, 7) is 1.95. The van der Waals surface area contributed by atoms with Gasteiger partial charge in [-0.3, -0.25) is 0 Å². The first-order chi connectivity index (χ1) is 9.11. The van der Waals surface area contributed by atoms with Crippen molar-refractivity contribution >= 4 is 40.2 Å². The fourth-order valence-corrected chi connectivity index (χ4v) is 2.86. The topological polar surface area (TPSA) is 37.8 Å². The fraction of sp³-hybridized carbons (Fsp3) is 0.231. The van der Waals surface area contributed by atoms with Crippen molar-refractivity contribution in [1.29, 1.82) is 0 Å². The van der Waals surface area contributed by atoms with Crippen LogP contribution in [0.4, 0.5) is 10.2 Å². The molecule has 0 radical (unpaired) electrons. The Bertz CT molecular complexity index is 592. The Hall–Kier alpha value is -0.890. The van der Waals surface area contributed by atoms with E-state index in [-0.39, 0.29) is 5.82 Å². The molecule has 0 aliphatic carbocycles. The highest BCUT2D eigenvalue weighted by atomic mass is 127. The van der Waals surface area contributed by atoms with Gasteiger partial charge in [0, 0.05) is 11.9 Å². The van der Waals surface area contributed by atoms with Gasteiger partial charge in [0.15, 0.2) is 0 Å². The molecule has 1 aromatic heterocycles. The van der Waals surface area contributed by atoms with Crippen LogP contribution in [-0.2, 0) is 5.75 Å². The molecule has 19 heavy (non-hydrogen) atoms. The van der Waals surface area contributed by atoms with Crippen LogP contribution in [0, 0.1) is 16.3 Å². The number of aryl methyl sites for hydroxylation is 1. The summed E-state index contributed by atoms with van der Waals surface area (Å²) in [5.41, 5.74) is 0.934. The van der Waals surface area contributed by atoms with Gasteiger partial charge < -0.3 is 5.32 Å². The van der Waals surface area contributed by atoms with E-state index in [4.69, 9.17) is 0 Å². The van der Waals surface area contributed by atoms with Crippen LogP contribution >= 0.6 is 34.4 Å². The number of thioether (sulfide) groups is 1. The molecule has 0 unspecified atom stereocenters. The molecule has 0 saturated carbocycles. The molecule has 0 fully saturated rings. The lowest BCUT2D eigenvalue weighted by atomic mass is 10.3. The number of aromatic nitrogens is 2. The summed E-state index contributed by atoms with van der Waals surface area (Å²) in [6, 6.07) is 6.73. The zero-order chi connectivity index (χ0) is 13.8. The first kappa shape index (κ1) is 14.5. The normalized spacial score (nSPS) is 10.5. The van der Waals surface area contributed by atoms with Crippen molar-refractivity contribution in [2.75, 3.05) is 12.4 Å². The predicted octanol–water partition coefficient (Wildman–Crippen LogP) is 3.86. The van der Waals surface area contributed by atoms with Gasteiger partial charge in [-0.25, -0.2) is 14.4 Å². The van der Waals surface area contributed by atoms with Crippen LogP contribution in [0.5, 0.6) is 0 Å². The SMILES string of the molecule is CNc1nc(CSc2ccccc2F)nc(C)c1I. The third-order valence-electron chi connectivity index (χ3n) is 2.49. The highest BCUT2D eigenvalue weighted by Crippen LogP contribution is 2.25. The van der Waals surface area contributed by atoms with Gasteiger partial charge in [0.05, 0.1) is 15.0 Å². The lowest BCUT2D eigenvalue weighted by molar-refractivity contribution is 0.602. The highest BCUT2D eigenvalue weighted by molar-refractivity contribution is 14.1. The number of nitrogens with zero attached hydrogens (tertiary/aromatic N) is 2. The molecule has 3 nitrogen and oxygen atoms in total. The predicted molar refractivity (Wildman–Crippen MR) is 85.0 cm³/mol. The lowest BCUT2D eigenvalue weighted by Gasteiger charge is -2.08. The Kier molecular flexibility index (Phi) is 4.98. The fourth-order valence-electron chi connectivity index (χ4n) is 1.55. The van der Waals surface area contributed by atoms with E-state index in [0.29, 0.717) is 16.5 Å². The van der Waals surface area contributed by atoms with E-state index in [9.17, 15) is 4.39 Å². The van der Waals surface area contributed by atoms with Gasteiger partial charge >= 0.3 is 0 Å². The van der Waals surface area contributed by atoms with Gasteiger partial charge in [-0.2, -0.15) is 0 Å². The third kappa shape index (κ3) is 3.56. The molecule has 6 heteroatoms. The summed E-state index contributed by atoms with van der Waals surface area (Å²) < 4.78 is 14.5. The number of hydrogen-bond donors (Lipinski definition) is 1. The molecule has 2 aromatic rings. The number of nitrogens with one attached hydrogen (secondary N) is 1. The summed E-state index contributed by atoms with van der Waals surface area (Å²) >= 11 is 3.62. The Morgan fingerprint density at radius 2 is 2.05 bits per heavy atom. The number of halogens is 2. The van der Waals surface area contributed by atoms with E-state index < -0.39 is 0 Å². The van der Waals surface area contributed by atoms with E-state index in [1.54, 1.807) is 12.1 Å². The molecule has 0 atom stereocenters. The molecule has 1 heterocycles. The Labute approximate surface area is 129 Å². The van der Waals surface area contributed by atoms with Gasteiger partial charge in [-0.05, 0) is 41.6 Å². The van der Waals surface area contributed by atoms with E-state index in [0.717, 1.165) is 15.1 Å². The van der Waals surface area contributed by atoms with Crippen molar-refractivity contribution < 1.29 is 4.39 Å². The Balaban J connectivity index is 2.16. The molecule has 1 aromatic carbocycles. The highest BCUT2D eigenvalue weighted by Gasteiger charge is 2.09. The van der Waals surface area contributed by atoms with Crippen molar-refractivity contribution in [3.8, 4) is 0 Å². The van der Waals surface area contributed by atoms with E-state index in [1.165, 1.54) is 17.8 Å². The minimum atomic E-state index is -0.205. The van der Waals surface area contributed by atoms with Crippen molar-refractivity contribution in [3.05, 3.63) is 45.2 Å². The molecule has 0 aliphatic rings. The molecule has 0 bridgehead atoms. The van der Waals surface area contributed by atoms with E-state index in [2.05, 4.69) is 37.9 Å². The second-order valence-electron chi connectivity index (χ2n) is 3.86. The zero-order valence-electron chi connectivity index (χ0n) is 10.6. The number of anilines is 1. The molecule has 0 aliphatic heterocycles. The molecule has 100 valence electrons. The van der Waals surface area contributed by atoms with Crippen LogP contribution in [0.25, 0.3) is 0 Å². The average molecular weight is 389 g/mol. The minimum Gasteiger partial charge on any atom is -0.372 e. The lowest BCUT2D eigenvalue weighted by Crippen LogP contribution is -2.04. The first-order valence-corrected chi connectivity index (χ1v) is 7.76. The summed E-state index contributed by atoms with van der Waals surface area (Å²) in [5, 5.41) is 3.04. The van der Waals surface area contributed by atoms with E-state index >= 15 is 0 Å². The number of hydrogen-bond acceptors (Lipinski definition) is 4. The second-order valence-corrected chi connectivity index (χ2v) is 5.95. The third-order valence-corrected chi connectivity index (χ3v) is 4.83. The van der Waals surface area contributed by atoms with Crippen molar-refractivity contribution in [2.45, 2.75) is 17.6 Å². The van der Waals surface area contributed by atoms with Crippen LogP contribution in [0.3, 0.4) is 0 Å². The monoisotopic (exact) mass is 389 g/mol. The first-order valence-electron chi connectivity index (χ1n) is 5.70. The van der Waals surface area contributed by atoms with Gasteiger partial charge in [0.25, 0.3) is 0 Å². The van der Waals surface area contributed by atoms with Crippen molar-refractivity contribution in [1.82, 2.24) is 9.97 Å². The molecule has 2 rings (SSSR count). The van der Waals surface area contributed by atoms with E-state index in [1.807, 2.05) is 20.0 Å². The molecule has 1 N–H and O–H groups in total. The quantitative estimate of drug-likeness (QED) is 0.637. The Morgan fingerprint density at radius 1 is 1.32 bits per heavy atom. The van der Waals surface area contributed by atoms with Crippen LogP contribution in [0.1, 0.15) is 11.5 Å². The summed E-state index contributed by atoms with van der Waals surface area (Å²) in [5.74, 6) is 1.87. The van der Waals surface area contributed by atoms with Gasteiger partial charge in [-0.15, -0.1) is 11.8 Å². The molecular weight excluding hydrogens is 376 g/mol. The maximum atomic E-state index is 13.5. The Morgan fingerprint density at radius 3 is 2.74 bits per heavy atom. The van der Waals surface area contributed by atoms with Crippen LogP contribution in [0.15, 0.2) is 29.2 Å². The maximum Gasteiger partial charge on any atom is 0.143 e. The van der Waals surface area contributed by atoms with Crippen LogP contribution < -0.4 is 5.32 Å². The van der Waals surface area contributed by atoms with Crippen molar-refractivity contribution in [3.63, 3.8) is 0 Å². The molecule has 0 amide bonds. The molecule has 0 spiro atoms. The average Bonchev–Trinajstić information content (AvgIpc) is 2.41. The molecular formula is C13H13FIN3S. The largest absolute Gasteiger partial charge is 0.372 e. The minimum absolute atomic E-state index is 0.205. The number of benzene rings is 1. The van der Waals surface area contributed by atoms with Gasteiger partial charge in [-0.1, -0.05) is 12.1 Å². The van der Waals surface area contributed by atoms with Gasteiger partial charge in [0.1, 0.15) is 17.5 Å². The smallest absolute Gasteiger partial charge is 0.143 e. The van der Waals surface area contributed by atoms with Crippen LogP contribution in [-0.4, -0.2) is 17.0 Å². The summed E-state index contributed by atoms with van der Waals surface area (Å²) in [7, 11) is 1.83. The number of rotatable bonds is 4. The van der Waals surface area contributed by atoms with Gasteiger partial charge in [0.2, 0.25) is 0 Å². The van der Waals surface area contributed by atoms with Crippen molar-refractivity contribution in [2.24, 2.45) is 0 Å².